The van der Waals surface area contributed by atoms with Gasteiger partial charge in [0.25, 0.3) is 0 Å². The van der Waals surface area contributed by atoms with Crippen molar-refractivity contribution in [3.05, 3.63) is 42.6 Å². The molecule has 2 saturated carbocycles. The van der Waals surface area contributed by atoms with Gasteiger partial charge in [0.15, 0.2) is 5.78 Å². The van der Waals surface area contributed by atoms with Crippen molar-refractivity contribution in [3.8, 4) is 11.6 Å². The van der Waals surface area contributed by atoms with Gasteiger partial charge >= 0.3 is 5.97 Å². The number of allylic oxidation sites excluding steroid dienone is 2. The lowest BCUT2D eigenvalue weighted by Crippen LogP contribution is -2.48. The number of fused-ring (bicyclic) bond motifs is 3. The number of nitrogens with zero attached hydrogens (tertiary/aromatic N) is 2. The van der Waals surface area contributed by atoms with Crippen LogP contribution in [0.3, 0.4) is 0 Å². The van der Waals surface area contributed by atoms with Crippen LogP contribution in [-0.4, -0.2) is 89.7 Å². The second kappa shape index (κ2) is 15.5. The number of aliphatic hydroxyl groups excluding tert-OH is 1. The number of sulfonamides is 1. The van der Waals surface area contributed by atoms with Gasteiger partial charge in [-0.2, -0.15) is 0 Å². The lowest BCUT2D eigenvalue weighted by Gasteiger charge is -2.32. The van der Waals surface area contributed by atoms with Crippen LogP contribution in [0.4, 0.5) is 0 Å². The average molecular weight is 782 g/mol. The molecule has 2 amide bonds. The van der Waals surface area contributed by atoms with Crippen LogP contribution in [0, 0.1) is 29.1 Å². The van der Waals surface area contributed by atoms with Gasteiger partial charge in [0.1, 0.15) is 22.2 Å². The molecule has 1 aromatic heterocycles. The lowest BCUT2D eigenvalue weighted by atomic mass is 9.82. The van der Waals surface area contributed by atoms with Gasteiger partial charge in [-0.15, -0.1) is 0 Å². The fraction of sp³-hybridized carbons (Fsp3) is 0.634. The molecule has 55 heavy (non-hydrogen) atoms. The largest absolute Gasteiger partial charge is 0.494 e. The van der Waals surface area contributed by atoms with E-state index in [-0.39, 0.29) is 68.7 Å². The molecular formula is C41H55N3O10S. The maximum absolute atomic E-state index is 14.8. The monoisotopic (exact) mass is 781 g/mol. The zero-order valence-electron chi connectivity index (χ0n) is 32.7. The Morgan fingerprint density at radius 3 is 2.45 bits per heavy atom. The first-order chi connectivity index (χ1) is 25.9. The molecule has 3 fully saturated rings. The number of methoxy groups -OCH3 is 1. The minimum Gasteiger partial charge on any atom is -0.494 e. The molecule has 2 aromatic rings. The number of ketones is 1. The van der Waals surface area contributed by atoms with Gasteiger partial charge in [0.05, 0.1) is 50.3 Å². The summed E-state index contributed by atoms with van der Waals surface area (Å²) in [5, 5.41) is 11.3. The fourth-order valence-corrected chi connectivity index (χ4v) is 9.87. The number of carbonyl (C=O) groups is 4. The van der Waals surface area contributed by atoms with Crippen LogP contribution in [0.25, 0.3) is 10.8 Å². The second-order valence-electron chi connectivity index (χ2n) is 17.3. The molecule has 1 aromatic carbocycles. The molecule has 2 aliphatic carbocycles. The quantitative estimate of drug-likeness (QED) is 0.262. The van der Waals surface area contributed by atoms with E-state index >= 15 is 0 Å². The first kappa shape index (κ1) is 40.6. The van der Waals surface area contributed by atoms with Crippen molar-refractivity contribution >= 4 is 44.4 Å². The van der Waals surface area contributed by atoms with Crippen LogP contribution in [-0.2, 0) is 33.9 Å². The van der Waals surface area contributed by atoms with Crippen molar-refractivity contribution in [2.24, 2.45) is 29.1 Å². The number of aromatic nitrogens is 1. The number of hydrogen-bond acceptors (Lipinski definition) is 11. The summed E-state index contributed by atoms with van der Waals surface area (Å²) < 4.78 is 45.1. The Balaban J connectivity index is 1.35. The van der Waals surface area contributed by atoms with E-state index < -0.39 is 68.1 Å². The maximum Gasteiger partial charge on any atom is 0.307 e. The number of ether oxygens (including phenoxy) is 3. The zero-order valence-corrected chi connectivity index (χ0v) is 33.5. The molecule has 0 bridgehead atoms. The van der Waals surface area contributed by atoms with Crippen LogP contribution in [0.2, 0.25) is 0 Å². The highest BCUT2D eigenvalue weighted by Gasteiger charge is 2.63. The summed E-state index contributed by atoms with van der Waals surface area (Å²) in [5.74, 6) is -2.42. The van der Waals surface area contributed by atoms with Gasteiger partial charge in [0.2, 0.25) is 27.7 Å². The van der Waals surface area contributed by atoms with Crippen molar-refractivity contribution in [1.29, 1.82) is 0 Å². The minimum atomic E-state index is -4.21. The molecule has 7 atom stereocenters. The Morgan fingerprint density at radius 2 is 1.80 bits per heavy atom. The van der Waals surface area contributed by atoms with Crippen molar-refractivity contribution in [2.75, 3.05) is 20.3 Å². The van der Waals surface area contributed by atoms with E-state index in [1.54, 1.807) is 34.1 Å². The van der Waals surface area contributed by atoms with E-state index in [4.69, 9.17) is 14.2 Å². The van der Waals surface area contributed by atoms with Crippen LogP contribution in [0.1, 0.15) is 92.4 Å². The summed E-state index contributed by atoms with van der Waals surface area (Å²) >= 11 is 0. The molecule has 3 heterocycles. The number of carbonyl (C=O) groups excluding carboxylic acids is 4. The highest BCUT2D eigenvalue weighted by Crippen LogP contribution is 2.58. The highest BCUT2D eigenvalue weighted by molar-refractivity contribution is 7.91. The predicted molar refractivity (Wildman–Crippen MR) is 204 cm³/mol. The standard InChI is InChI=1S/C41H55N3O10S/c1-25-11-7-8-12-27-20-41(27,38(49)43-55(50,51)40(24-45)15-16-40)21-33(46)32-18-28(53-36-30-14-10-9-13-29(30)34(52-6)22-42-36)23-44(32)37(48)31(26(2)17-25)19-35(47)54-39(3,4)5/h8-10,12-14,22,25-28,31-32,45H,7,11,15-21,23-24H2,1-6H3,(H,43,49)/b12-8-/t25-,26+,27+,28+,31-,32-,41+/m0/s1. The second-order valence-corrected chi connectivity index (χ2v) is 19.3. The molecule has 14 heteroatoms. The van der Waals surface area contributed by atoms with E-state index in [1.807, 2.05) is 43.3 Å². The van der Waals surface area contributed by atoms with E-state index in [2.05, 4.69) is 16.6 Å². The van der Waals surface area contributed by atoms with Crippen LogP contribution >= 0.6 is 0 Å². The minimum absolute atomic E-state index is 0.0281. The number of benzene rings is 1. The summed E-state index contributed by atoms with van der Waals surface area (Å²) in [6.07, 6.45) is 7.27. The number of nitrogens with one attached hydrogen (secondary N) is 1. The number of aliphatic hydroxyl groups is 1. The van der Waals surface area contributed by atoms with Crippen molar-refractivity contribution < 1.29 is 46.9 Å². The van der Waals surface area contributed by atoms with Gasteiger partial charge in [-0.05, 0) is 83.1 Å². The van der Waals surface area contributed by atoms with Gasteiger partial charge in [-0.1, -0.05) is 44.2 Å². The highest BCUT2D eigenvalue weighted by atomic mass is 32.2. The Hall–Kier alpha value is -4.04. The van der Waals surface area contributed by atoms with Gasteiger partial charge in [-0.25, -0.2) is 13.4 Å². The first-order valence-corrected chi connectivity index (χ1v) is 20.9. The normalized spacial score (nSPS) is 30.3. The molecule has 2 N–H and O–H groups in total. The maximum atomic E-state index is 14.8. The molecule has 1 saturated heterocycles. The molecule has 6 rings (SSSR count). The van der Waals surface area contributed by atoms with Crippen LogP contribution in [0.15, 0.2) is 42.6 Å². The van der Waals surface area contributed by atoms with Crippen LogP contribution in [0.5, 0.6) is 11.6 Å². The predicted octanol–water partition coefficient (Wildman–Crippen LogP) is 4.89. The smallest absolute Gasteiger partial charge is 0.307 e. The van der Waals surface area contributed by atoms with Gasteiger partial charge in [0, 0.05) is 23.6 Å². The first-order valence-electron chi connectivity index (χ1n) is 19.4. The lowest BCUT2D eigenvalue weighted by molar-refractivity contribution is -0.160. The third-order valence-corrected chi connectivity index (χ3v) is 14.0. The third kappa shape index (κ3) is 8.55. The molecule has 4 aliphatic rings. The number of amides is 2. The fourth-order valence-electron chi connectivity index (χ4n) is 8.39. The molecule has 0 radical (unpaired) electrons. The molecule has 2 aliphatic heterocycles. The molecule has 0 spiro atoms. The molecule has 0 unspecified atom stereocenters. The number of esters is 1. The zero-order chi connectivity index (χ0) is 39.9. The average Bonchev–Trinajstić information content (AvgIpc) is 4.02. The Morgan fingerprint density at radius 1 is 1.09 bits per heavy atom. The van der Waals surface area contributed by atoms with Crippen molar-refractivity contribution in [1.82, 2.24) is 14.6 Å². The number of pyridine rings is 1. The van der Waals surface area contributed by atoms with Gasteiger partial charge in [-0.3, -0.25) is 23.9 Å². The summed E-state index contributed by atoms with van der Waals surface area (Å²) in [5.41, 5.74) is -2.11. The Labute approximate surface area is 323 Å². The summed E-state index contributed by atoms with van der Waals surface area (Å²) in [4.78, 5) is 62.8. The topological polar surface area (TPSA) is 178 Å². The molecular weight excluding hydrogens is 727 g/mol. The van der Waals surface area contributed by atoms with Crippen molar-refractivity contribution in [3.63, 3.8) is 0 Å². The van der Waals surface area contributed by atoms with Crippen LogP contribution < -0.4 is 14.2 Å². The third-order valence-electron chi connectivity index (χ3n) is 11.9. The van der Waals surface area contributed by atoms with Gasteiger partial charge < -0.3 is 24.2 Å². The summed E-state index contributed by atoms with van der Waals surface area (Å²) in [6.45, 7) is 8.79. The van der Waals surface area contributed by atoms with E-state index in [0.717, 1.165) is 11.8 Å². The van der Waals surface area contributed by atoms with Crippen molar-refractivity contribution in [2.45, 2.75) is 115 Å². The number of hydrogen-bond donors (Lipinski definition) is 2. The van der Waals surface area contributed by atoms with E-state index in [1.165, 1.54) is 4.90 Å². The Kier molecular flexibility index (Phi) is 11.4. The van der Waals surface area contributed by atoms with E-state index in [0.29, 0.717) is 29.9 Å². The molecule has 13 nitrogen and oxygen atoms in total. The van der Waals surface area contributed by atoms with E-state index in [9.17, 15) is 32.7 Å². The summed E-state index contributed by atoms with van der Waals surface area (Å²) in [7, 11) is -2.66. The number of rotatable bonds is 9. The summed E-state index contributed by atoms with van der Waals surface area (Å²) in [6, 6.07) is 6.44. The number of Topliss-reactive ketones (excluding diaryl/α,β-unsaturated/α-hetero) is 1. The SMILES string of the molecule is COc1cnc(O[C@@H]2C[C@H]3C(=O)C[C@]4(C(=O)NS(=O)(=O)C5(CO)CC5)C[C@H]4/C=C\CC[C@H](C)C[C@@H](C)[C@H](CC(=O)OC(C)(C)C)C(=O)N3C2)c2ccccc12. The molecule has 300 valence electrons. The Bertz CT molecular complexity index is 1950.